The normalized spacial score (nSPS) is 14.4. The average Bonchev–Trinajstić information content (AvgIpc) is 2.71. The quantitative estimate of drug-likeness (QED) is 0.757. The molecule has 1 atom stereocenters. The van der Waals surface area contributed by atoms with Gasteiger partial charge in [0.2, 0.25) is 10.0 Å². The number of aromatic nitrogens is 1. The molecule has 0 amide bonds. The van der Waals surface area contributed by atoms with Crippen LogP contribution in [0.15, 0.2) is 9.42 Å². The van der Waals surface area contributed by atoms with Gasteiger partial charge in [0.15, 0.2) is 5.76 Å². The zero-order chi connectivity index (χ0) is 19.6. The lowest BCUT2D eigenvalue weighted by molar-refractivity contribution is -0.159. The summed E-state index contributed by atoms with van der Waals surface area (Å²) >= 11 is 0. The molecule has 9 heteroatoms. The topological polar surface area (TPSA) is 108 Å². The largest absolute Gasteiger partial charge is 0.459 e. The van der Waals surface area contributed by atoms with E-state index in [-0.39, 0.29) is 23.0 Å². The highest BCUT2D eigenvalue weighted by molar-refractivity contribution is 7.89. The summed E-state index contributed by atoms with van der Waals surface area (Å²) in [5.74, 6) is -0.572. The smallest absolute Gasteiger partial charge is 0.327 e. The molecule has 0 fully saturated rings. The van der Waals surface area contributed by atoms with Gasteiger partial charge in [-0.05, 0) is 55.4 Å². The molecule has 0 aliphatic rings. The molecule has 8 nitrogen and oxygen atoms in total. The van der Waals surface area contributed by atoms with Crippen molar-refractivity contribution >= 4 is 16.0 Å². The van der Waals surface area contributed by atoms with Crippen LogP contribution >= 0.6 is 0 Å². The molecule has 0 aromatic carbocycles. The van der Waals surface area contributed by atoms with E-state index in [9.17, 15) is 13.2 Å². The van der Waals surface area contributed by atoms with Gasteiger partial charge < -0.3 is 14.0 Å². The first-order valence-corrected chi connectivity index (χ1v) is 9.43. The molecule has 1 rings (SSSR count). The van der Waals surface area contributed by atoms with E-state index in [0.717, 1.165) is 0 Å². The van der Waals surface area contributed by atoms with Crippen LogP contribution in [0.1, 0.15) is 53.0 Å². The van der Waals surface area contributed by atoms with E-state index >= 15 is 0 Å². The van der Waals surface area contributed by atoms with Crippen LogP contribution in [0, 0.1) is 13.8 Å². The predicted octanol–water partition coefficient (Wildman–Crippen LogP) is 2.10. The maximum absolute atomic E-state index is 12.7. The molecule has 0 saturated carbocycles. The third-order valence-corrected chi connectivity index (χ3v) is 4.62. The molecule has 0 bridgehead atoms. The molecular weight excluding hydrogens is 348 g/mol. The Morgan fingerprint density at radius 1 is 1.16 bits per heavy atom. The van der Waals surface area contributed by atoms with E-state index in [2.05, 4.69) is 9.88 Å². The van der Waals surface area contributed by atoms with Crippen LogP contribution in [0.5, 0.6) is 0 Å². The first kappa shape index (κ1) is 21.6. The van der Waals surface area contributed by atoms with Crippen molar-refractivity contribution in [2.24, 2.45) is 0 Å². The van der Waals surface area contributed by atoms with E-state index in [1.807, 2.05) is 20.8 Å². The molecular formula is C16H28N2O6S. The van der Waals surface area contributed by atoms with Crippen LogP contribution in [0.2, 0.25) is 0 Å². The highest BCUT2D eigenvalue weighted by atomic mass is 32.2. The van der Waals surface area contributed by atoms with E-state index in [4.69, 9.17) is 14.0 Å². The molecule has 1 aromatic heterocycles. The Morgan fingerprint density at radius 3 is 2.12 bits per heavy atom. The van der Waals surface area contributed by atoms with E-state index in [0.29, 0.717) is 0 Å². The first-order valence-electron chi connectivity index (χ1n) is 7.94. The van der Waals surface area contributed by atoms with E-state index < -0.39 is 33.2 Å². The van der Waals surface area contributed by atoms with Crippen molar-refractivity contribution in [1.82, 2.24) is 9.88 Å². The van der Waals surface area contributed by atoms with Crippen LogP contribution in [0.3, 0.4) is 0 Å². The Hall–Kier alpha value is -1.45. The predicted molar refractivity (Wildman–Crippen MR) is 91.6 cm³/mol. The molecule has 0 saturated heterocycles. The summed E-state index contributed by atoms with van der Waals surface area (Å²) in [5, 5.41) is 3.64. The summed E-state index contributed by atoms with van der Waals surface area (Å²) in [7, 11) is -4.03. The van der Waals surface area contributed by atoms with Gasteiger partial charge in [-0.3, -0.25) is 4.79 Å². The molecule has 1 heterocycles. The number of nitrogens with zero attached hydrogens (tertiary/aromatic N) is 1. The fourth-order valence-electron chi connectivity index (χ4n) is 1.96. The summed E-state index contributed by atoms with van der Waals surface area (Å²) in [6.45, 7) is 13.4. The van der Waals surface area contributed by atoms with Crippen LogP contribution in [0.4, 0.5) is 0 Å². The maximum Gasteiger partial charge on any atom is 0.327 e. The second-order valence-corrected chi connectivity index (χ2v) is 9.43. The Balaban J connectivity index is 3.09. The number of carbonyl (C=O) groups is 1. The minimum absolute atomic E-state index is 0.0863. The van der Waals surface area contributed by atoms with Crippen molar-refractivity contribution < 1.29 is 27.2 Å². The molecule has 1 aromatic rings. The summed E-state index contributed by atoms with van der Waals surface area (Å²) < 4.78 is 43.5. The fourth-order valence-corrected chi connectivity index (χ4v) is 3.46. The SMILES string of the molecule is Cc1noc(C)c1S(=O)(=O)NC(COC(C)(C)C)C(=O)OC(C)(C)C. The third kappa shape index (κ3) is 6.75. The number of ether oxygens (including phenoxy) is 2. The second-order valence-electron chi connectivity index (χ2n) is 7.78. The number of esters is 1. The van der Waals surface area contributed by atoms with Crippen LogP contribution < -0.4 is 4.72 Å². The Morgan fingerprint density at radius 2 is 1.72 bits per heavy atom. The minimum Gasteiger partial charge on any atom is -0.459 e. The van der Waals surface area contributed by atoms with Gasteiger partial charge in [0.25, 0.3) is 0 Å². The lowest BCUT2D eigenvalue weighted by Crippen LogP contribution is -2.48. The summed E-state index contributed by atoms with van der Waals surface area (Å²) in [6, 6.07) is -1.20. The number of aryl methyl sites for hydroxylation is 2. The van der Waals surface area contributed by atoms with Gasteiger partial charge in [-0.15, -0.1) is 0 Å². The van der Waals surface area contributed by atoms with Crippen molar-refractivity contribution in [2.75, 3.05) is 6.61 Å². The standard InChI is InChI=1S/C16H28N2O6S/c1-10-13(11(2)24-17-10)25(20,21)18-12(9-22-15(3,4)5)14(19)23-16(6,7)8/h12,18H,9H2,1-8H3. The van der Waals surface area contributed by atoms with Crippen molar-refractivity contribution in [2.45, 2.75) is 77.5 Å². The molecule has 1 unspecified atom stereocenters. The molecule has 0 aliphatic carbocycles. The van der Waals surface area contributed by atoms with Crippen LogP contribution in [0.25, 0.3) is 0 Å². The van der Waals surface area contributed by atoms with Crippen molar-refractivity contribution in [1.29, 1.82) is 0 Å². The minimum atomic E-state index is -4.03. The number of sulfonamides is 1. The van der Waals surface area contributed by atoms with E-state index in [1.54, 1.807) is 20.8 Å². The lowest BCUT2D eigenvalue weighted by atomic mass is 10.2. The highest BCUT2D eigenvalue weighted by Crippen LogP contribution is 2.20. The maximum atomic E-state index is 12.7. The Bertz CT molecular complexity index is 690. The molecule has 0 aliphatic heterocycles. The number of carbonyl (C=O) groups excluding carboxylic acids is 1. The lowest BCUT2D eigenvalue weighted by Gasteiger charge is -2.27. The van der Waals surface area contributed by atoms with Gasteiger partial charge >= 0.3 is 5.97 Å². The summed E-state index contributed by atoms with van der Waals surface area (Å²) in [6.07, 6.45) is 0. The van der Waals surface area contributed by atoms with Gasteiger partial charge in [0, 0.05) is 0 Å². The van der Waals surface area contributed by atoms with Crippen molar-refractivity contribution in [3.8, 4) is 0 Å². The van der Waals surface area contributed by atoms with Crippen LogP contribution in [-0.2, 0) is 24.3 Å². The van der Waals surface area contributed by atoms with Gasteiger partial charge in [-0.1, -0.05) is 5.16 Å². The van der Waals surface area contributed by atoms with Gasteiger partial charge in [0.05, 0.1) is 12.2 Å². The molecule has 1 N–H and O–H groups in total. The summed E-state index contributed by atoms with van der Waals surface area (Å²) in [4.78, 5) is 12.3. The Labute approximate surface area is 149 Å². The summed E-state index contributed by atoms with van der Waals surface area (Å²) in [5.41, 5.74) is -1.09. The molecule has 0 radical (unpaired) electrons. The number of rotatable bonds is 6. The van der Waals surface area contributed by atoms with Crippen molar-refractivity contribution in [3.05, 3.63) is 11.5 Å². The zero-order valence-corrected chi connectivity index (χ0v) is 16.9. The molecule has 0 spiro atoms. The van der Waals surface area contributed by atoms with Gasteiger partial charge in [0.1, 0.15) is 22.2 Å². The third-order valence-electron chi connectivity index (χ3n) is 2.91. The fraction of sp³-hybridized carbons (Fsp3) is 0.750. The van der Waals surface area contributed by atoms with Gasteiger partial charge in [-0.2, -0.15) is 4.72 Å². The zero-order valence-electron chi connectivity index (χ0n) is 16.1. The first-order chi connectivity index (χ1) is 11.1. The number of hydrogen-bond acceptors (Lipinski definition) is 7. The average molecular weight is 376 g/mol. The van der Waals surface area contributed by atoms with Crippen LogP contribution in [-0.4, -0.2) is 43.4 Å². The second kappa shape index (κ2) is 7.43. The monoisotopic (exact) mass is 376 g/mol. The number of hydrogen-bond donors (Lipinski definition) is 1. The van der Waals surface area contributed by atoms with Gasteiger partial charge in [-0.25, -0.2) is 8.42 Å². The molecule has 144 valence electrons. The molecule has 25 heavy (non-hydrogen) atoms. The van der Waals surface area contributed by atoms with E-state index in [1.165, 1.54) is 13.8 Å². The number of nitrogens with one attached hydrogen (secondary N) is 1. The van der Waals surface area contributed by atoms with Crippen molar-refractivity contribution in [3.63, 3.8) is 0 Å². The highest BCUT2D eigenvalue weighted by Gasteiger charge is 2.33. The Kier molecular flexibility index (Phi) is 6.41.